The van der Waals surface area contributed by atoms with Crippen LogP contribution in [0.15, 0.2) is 48.5 Å². The van der Waals surface area contributed by atoms with E-state index < -0.39 is 0 Å². The Hall–Kier alpha value is -2.73. The maximum atomic E-state index is 12.2. The lowest BCUT2D eigenvalue weighted by Crippen LogP contribution is -2.22. The summed E-state index contributed by atoms with van der Waals surface area (Å²) in [5.41, 5.74) is 1.50. The maximum Gasteiger partial charge on any atom is 0.243 e. The molecule has 2 aromatic carbocycles. The molecule has 0 radical (unpaired) electrons. The molecule has 0 aliphatic heterocycles. The van der Waals surface area contributed by atoms with Crippen LogP contribution in [0, 0.1) is 0 Å². The number of benzene rings is 2. The summed E-state index contributed by atoms with van der Waals surface area (Å²) in [7, 11) is 0. The minimum absolute atomic E-state index is 0.135. The van der Waals surface area contributed by atoms with Crippen molar-refractivity contribution >= 4 is 17.3 Å². The van der Waals surface area contributed by atoms with Crippen LogP contribution in [0.4, 0.5) is 11.4 Å². The van der Waals surface area contributed by atoms with Gasteiger partial charge in [0.15, 0.2) is 0 Å². The van der Waals surface area contributed by atoms with Crippen molar-refractivity contribution in [2.24, 2.45) is 0 Å². The van der Waals surface area contributed by atoms with Gasteiger partial charge in [-0.05, 0) is 49.7 Å². The van der Waals surface area contributed by atoms with E-state index in [1.807, 2.05) is 55.5 Å². The summed E-state index contributed by atoms with van der Waals surface area (Å²) in [5, 5.41) is 5.99. The molecule has 6 nitrogen and oxygen atoms in total. The molecule has 2 N–H and O–H groups in total. The van der Waals surface area contributed by atoms with Crippen molar-refractivity contribution in [3.05, 3.63) is 48.5 Å². The molecule has 28 heavy (non-hydrogen) atoms. The first kappa shape index (κ1) is 21.6. The third-order valence-corrected chi connectivity index (χ3v) is 3.92. The van der Waals surface area contributed by atoms with E-state index in [1.165, 1.54) is 0 Å². The summed E-state index contributed by atoms with van der Waals surface area (Å²) in [6, 6.07) is 14.9. The quantitative estimate of drug-likeness (QED) is 0.502. The Morgan fingerprint density at radius 3 is 2.46 bits per heavy atom. The first-order chi connectivity index (χ1) is 13.7. The summed E-state index contributed by atoms with van der Waals surface area (Å²) in [6.45, 7) is 6.57. The summed E-state index contributed by atoms with van der Waals surface area (Å²) in [4.78, 5) is 12.2. The molecule has 0 unspecified atom stereocenters. The molecule has 2 aromatic rings. The Morgan fingerprint density at radius 2 is 1.71 bits per heavy atom. The number of unbranched alkanes of at least 4 members (excludes halogenated alkanes) is 1. The Bertz CT molecular complexity index is 704. The lowest BCUT2D eigenvalue weighted by atomic mass is 10.3. The molecule has 0 heterocycles. The van der Waals surface area contributed by atoms with Gasteiger partial charge in [0, 0.05) is 12.3 Å². The average molecular weight is 386 g/mol. The lowest BCUT2D eigenvalue weighted by Gasteiger charge is -2.13. The predicted molar refractivity (Wildman–Crippen MR) is 112 cm³/mol. The molecule has 6 heteroatoms. The smallest absolute Gasteiger partial charge is 0.243 e. The molecule has 0 aliphatic rings. The molecule has 1 amide bonds. The minimum atomic E-state index is -0.135. The Labute approximate surface area is 167 Å². The van der Waals surface area contributed by atoms with Crippen molar-refractivity contribution in [2.75, 3.05) is 43.6 Å². The Balaban J connectivity index is 1.79. The third-order valence-electron chi connectivity index (χ3n) is 3.92. The van der Waals surface area contributed by atoms with Crippen LogP contribution in [0.3, 0.4) is 0 Å². The molecular weight excluding hydrogens is 356 g/mol. The fraction of sp³-hybridized carbons (Fsp3) is 0.409. The zero-order valence-corrected chi connectivity index (χ0v) is 16.7. The van der Waals surface area contributed by atoms with Crippen LogP contribution < -0.4 is 20.1 Å². The number of ether oxygens (including phenoxy) is 3. The van der Waals surface area contributed by atoms with E-state index >= 15 is 0 Å². The van der Waals surface area contributed by atoms with Gasteiger partial charge in [0.1, 0.15) is 18.1 Å². The standard InChI is InChI=1S/C22H30N2O4/c1-3-5-14-27-19-12-10-18(11-13-19)24-22(25)17-23-20-8-6-7-9-21(20)28-16-15-26-4-2/h6-13,23H,3-5,14-17H2,1-2H3,(H,24,25). The van der Waals surface area contributed by atoms with Crippen LogP contribution in [0.1, 0.15) is 26.7 Å². The van der Waals surface area contributed by atoms with Gasteiger partial charge in [0.2, 0.25) is 5.91 Å². The van der Waals surface area contributed by atoms with Crippen molar-refractivity contribution < 1.29 is 19.0 Å². The highest BCUT2D eigenvalue weighted by Gasteiger charge is 2.06. The second-order valence-electron chi connectivity index (χ2n) is 6.17. The Morgan fingerprint density at radius 1 is 0.929 bits per heavy atom. The zero-order chi connectivity index (χ0) is 20.0. The minimum Gasteiger partial charge on any atom is -0.494 e. The maximum absolute atomic E-state index is 12.2. The van der Waals surface area contributed by atoms with E-state index in [2.05, 4.69) is 17.6 Å². The number of anilines is 2. The van der Waals surface area contributed by atoms with Crippen LogP contribution in [0.2, 0.25) is 0 Å². The molecule has 152 valence electrons. The monoisotopic (exact) mass is 386 g/mol. The molecule has 0 atom stereocenters. The molecule has 0 fully saturated rings. The summed E-state index contributed by atoms with van der Waals surface area (Å²) >= 11 is 0. The molecule has 0 spiro atoms. The van der Waals surface area contributed by atoms with Gasteiger partial charge in [0.25, 0.3) is 0 Å². The van der Waals surface area contributed by atoms with Gasteiger partial charge in [-0.1, -0.05) is 25.5 Å². The van der Waals surface area contributed by atoms with E-state index in [0.717, 1.165) is 30.0 Å². The average Bonchev–Trinajstić information content (AvgIpc) is 2.72. The van der Waals surface area contributed by atoms with Crippen LogP contribution in [0.25, 0.3) is 0 Å². The number of carbonyl (C=O) groups excluding carboxylic acids is 1. The van der Waals surface area contributed by atoms with E-state index in [0.29, 0.717) is 32.2 Å². The third kappa shape index (κ3) is 7.88. The molecule has 0 aromatic heterocycles. The summed E-state index contributed by atoms with van der Waals surface area (Å²) in [6.07, 6.45) is 2.13. The fourth-order valence-electron chi connectivity index (χ4n) is 2.44. The summed E-state index contributed by atoms with van der Waals surface area (Å²) < 4.78 is 16.6. The number of carbonyl (C=O) groups is 1. The van der Waals surface area contributed by atoms with Crippen molar-refractivity contribution in [3.8, 4) is 11.5 Å². The molecule has 0 aliphatic carbocycles. The zero-order valence-electron chi connectivity index (χ0n) is 16.7. The number of hydrogen-bond acceptors (Lipinski definition) is 5. The molecule has 0 saturated carbocycles. The topological polar surface area (TPSA) is 68.8 Å². The van der Waals surface area contributed by atoms with Gasteiger partial charge in [-0.15, -0.1) is 0 Å². The highest BCUT2D eigenvalue weighted by atomic mass is 16.5. The molecule has 0 bridgehead atoms. The fourth-order valence-corrected chi connectivity index (χ4v) is 2.44. The number of rotatable bonds is 13. The molecular formula is C22H30N2O4. The van der Waals surface area contributed by atoms with Gasteiger partial charge in [-0.25, -0.2) is 0 Å². The normalized spacial score (nSPS) is 10.4. The van der Waals surface area contributed by atoms with Crippen LogP contribution in [0.5, 0.6) is 11.5 Å². The van der Waals surface area contributed by atoms with Gasteiger partial charge >= 0.3 is 0 Å². The number of hydrogen-bond donors (Lipinski definition) is 2. The first-order valence-electron chi connectivity index (χ1n) is 9.79. The highest BCUT2D eigenvalue weighted by molar-refractivity contribution is 5.94. The van der Waals surface area contributed by atoms with E-state index in [1.54, 1.807) is 0 Å². The van der Waals surface area contributed by atoms with Crippen molar-refractivity contribution in [3.63, 3.8) is 0 Å². The van der Waals surface area contributed by atoms with Gasteiger partial charge < -0.3 is 24.8 Å². The second kappa shape index (κ2) is 12.6. The van der Waals surface area contributed by atoms with E-state index in [-0.39, 0.29) is 12.5 Å². The largest absolute Gasteiger partial charge is 0.494 e. The van der Waals surface area contributed by atoms with E-state index in [4.69, 9.17) is 14.2 Å². The highest BCUT2D eigenvalue weighted by Crippen LogP contribution is 2.23. The Kier molecular flexibility index (Phi) is 9.72. The van der Waals surface area contributed by atoms with Crippen LogP contribution in [-0.4, -0.2) is 38.9 Å². The SMILES string of the molecule is CCCCOc1ccc(NC(=O)CNc2ccccc2OCCOCC)cc1. The summed E-state index contributed by atoms with van der Waals surface area (Å²) in [5.74, 6) is 1.37. The second-order valence-corrected chi connectivity index (χ2v) is 6.17. The van der Waals surface area contributed by atoms with Crippen molar-refractivity contribution in [1.82, 2.24) is 0 Å². The molecule has 2 rings (SSSR count). The van der Waals surface area contributed by atoms with Crippen LogP contribution >= 0.6 is 0 Å². The van der Waals surface area contributed by atoms with Gasteiger partial charge in [-0.3, -0.25) is 4.79 Å². The first-order valence-corrected chi connectivity index (χ1v) is 9.79. The van der Waals surface area contributed by atoms with Gasteiger partial charge in [-0.2, -0.15) is 0 Å². The van der Waals surface area contributed by atoms with Crippen molar-refractivity contribution in [2.45, 2.75) is 26.7 Å². The predicted octanol–water partition coefficient (Wildman–Crippen LogP) is 4.33. The van der Waals surface area contributed by atoms with Gasteiger partial charge in [0.05, 0.1) is 25.4 Å². The van der Waals surface area contributed by atoms with Crippen molar-refractivity contribution in [1.29, 1.82) is 0 Å². The number of amides is 1. The molecule has 0 saturated heterocycles. The van der Waals surface area contributed by atoms with E-state index in [9.17, 15) is 4.79 Å². The van der Waals surface area contributed by atoms with Crippen LogP contribution in [-0.2, 0) is 9.53 Å². The lowest BCUT2D eigenvalue weighted by molar-refractivity contribution is -0.114. The number of nitrogens with one attached hydrogen (secondary N) is 2. The number of para-hydroxylation sites is 2.